The van der Waals surface area contributed by atoms with Crippen molar-refractivity contribution in [3.63, 3.8) is 0 Å². The zero-order valence-electron chi connectivity index (χ0n) is 13.9. The first-order chi connectivity index (χ1) is 11.7. The Bertz CT molecular complexity index is 571. The third-order valence-electron chi connectivity index (χ3n) is 4.34. The van der Waals surface area contributed by atoms with Crippen LogP contribution in [0, 0.1) is 0 Å². The van der Waals surface area contributed by atoms with Gasteiger partial charge >= 0.3 is 0 Å². The number of aromatic nitrogens is 2. The molecule has 0 spiro atoms. The summed E-state index contributed by atoms with van der Waals surface area (Å²) in [5.41, 5.74) is 1.44. The van der Waals surface area contributed by atoms with Gasteiger partial charge in [0.25, 0.3) is 0 Å². The molecule has 1 saturated heterocycles. The molecule has 1 amide bonds. The van der Waals surface area contributed by atoms with Crippen LogP contribution in [0.15, 0.2) is 34.1 Å². The molecule has 0 atom stereocenters. The molecule has 8 nitrogen and oxygen atoms in total. The van der Waals surface area contributed by atoms with Crippen molar-refractivity contribution in [1.82, 2.24) is 25.1 Å². The Balaban J connectivity index is 1.63. The number of piperidine rings is 1. The van der Waals surface area contributed by atoms with Gasteiger partial charge in [-0.2, -0.15) is 0 Å². The van der Waals surface area contributed by atoms with Crippen LogP contribution in [0.1, 0.15) is 24.2 Å². The summed E-state index contributed by atoms with van der Waals surface area (Å²) in [5.74, 6) is 0.0435. The summed E-state index contributed by atoms with van der Waals surface area (Å²) in [4.78, 5) is 24.9. The molecule has 2 aromatic rings. The van der Waals surface area contributed by atoms with Gasteiger partial charge < -0.3 is 19.1 Å². The largest absolute Gasteiger partial charge is 0.451 e. The first kappa shape index (κ1) is 16.7. The lowest BCUT2D eigenvalue weighted by Crippen LogP contribution is -2.46. The number of carbonyl (C=O) groups excluding carboxylic acids is 1. The molecule has 8 heteroatoms. The standard InChI is InChI=1S/C16H23N5O3/c1-20(15-2-4-17-5-3-15)8-16(22)21(6-13-9-23-11-18-13)7-14-10-24-12-19-14/h9-12,15,17H,2-8H2,1H3. The van der Waals surface area contributed by atoms with E-state index < -0.39 is 0 Å². The van der Waals surface area contributed by atoms with E-state index in [4.69, 9.17) is 8.83 Å². The van der Waals surface area contributed by atoms with Crippen molar-refractivity contribution in [1.29, 1.82) is 0 Å². The first-order valence-corrected chi connectivity index (χ1v) is 8.15. The summed E-state index contributed by atoms with van der Waals surface area (Å²) in [5, 5.41) is 3.35. The first-order valence-electron chi connectivity index (χ1n) is 8.15. The molecule has 0 aromatic carbocycles. The SMILES string of the molecule is CN(CC(=O)N(Cc1cocn1)Cc1cocn1)C1CCNCC1. The average molecular weight is 333 g/mol. The van der Waals surface area contributed by atoms with Gasteiger partial charge in [-0.3, -0.25) is 9.69 Å². The molecule has 130 valence electrons. The molecule has 3 heterocycles. The van der Waals surface area contributed by atoms with Gasteiger partial charge in [0.1, 0.15) is 12.5 Å². The number of oxazole rings is 2. The van der Waals surface area contributed by atoms with Crippen LogP contribution in [0.25, 0.3) is 0 Å². The van der Waals surface area contributed by atoms with Gasteiger partial charge in [-0.1, -0.05) is 0 Å². The Morgan fingerprint density at radius 2 is 1.75 bits per heavy atom. The highest BCUT2D eigenvalue weighted by atomic mass is 16.3. The topological polar surface area (TPSA) is 87.6 Å². The van der Waals surface area contributed by atoms with Gasteiger partial charge in [-0.05, 0) is 33.0 Å². The van der Waals surface area contributed by atoms with E-state index in [0.717, 1.165) is 37.3 Å². The lowest BCUT2D eigenvalue weighted by molar-refractivity contribution is -0.134. The van der Waals surface area contributed by atoms with Gasteiger partial charge in [0.2, 0.25) is 5.91 Å². The highest BCUT2D eigenvalue weighted by molar-refractivity contribution is 5.78. The highest BCUT2D eigenvalue weighted by Gasteiger charge is 2.23. The maximum Gasteiger partial charge on any atom is 0.237 e. The van der Waals surface area contributed by atoms with E-state index in [9.17, 15) is 4.79 Å². The normalized spacial score (nSPS) is 15.8. The molecule has 1 aliphatic heterocycles. The van der Waals surface area contributed by atoms with Crippen LogP contribution in [0.4, 0.5) is 0 Å². The predicted octanol–water partition coefficient (Wildman–Crippen LogP) is 0.875. The van der Waals surface area contributed by atoms with E-state index >= 15 is 0 Å². The maximum atomic E-state index is 12.8. The zero-order chi connectivity index (χ0) is 16.8. The van der Waals surface area contributed by atoms with Gasteiger partial charge in [-0.15, -0.1) is 0 Å². The van der Waals surface area contributed by atoms with Gasteiger partial charge in [-0.25, -0.2) is 9.97 Å². The Kier molecular flexibility index (Phi) is 5.60. The monoisotopic (exact) mass is 333 g/mol. The molecule has 0 radical (unpaired) electrons. The molecule has 0 saturated carbocycles. The van der Waals surface area contributed by atoms with E-state index in [0.29, 0.717) is 25.7 Å². The van der Waals surface area contributed by atoms with E-state index in [-0.39, 0.29) is 5.91 Å². The van der Waals surface area contributed by atoms with E-state index in [2.05, 4.69) is 20.2 Å². The average Bonchev–Trinajstić information content (AvgIpc) is 3.29. The van der Waals surface area contributed by atoms with Crippen LogP contribution in [0.2, 0.25) is 0 Å². The summed E-state index contributed by atoms with van der Waals surface area (Å²) < 4.78 is 10.0. The minimum atomic E-state index is 0.0435. The van der Waals surface area contributed by atoms with Crippen molar-refractivity contribution in [2.24, 2.45) is 0 Å². The third kappa shape index (κ3) is 4.42. The van der Waals surface area contributed by atoms with Gasteiger partial charge in [0.15, 0.2) is 12.8 Å². The van der Waals surface area contributed by atoms with Crippen LogP contribution in [0.5, 0.6) is 0 Å². The van der Waals surface area contributed by atoms with Crippen molar-refractivity contribution >= 4 is 5.91 Å². The molecular weight excluding hydrogens is 310 g/mol. The number of likely N-dealkylation sites (N-methyl/N-ethyl adjacent to an activating group) is 1. The summed E-state index contributed by atoms with van der Waals surface area (Å²) in [6.07, 6.45) is 7.98. The van der Waals surface area contributed by atoms with Gasteiger partial charge in [0.05, 0.1) is 31.0 Å². The summed E-state index contributed by atoms with van der Waals surface area (Å²) >= 11 is 0. The number of rotatable bonds is 7. The van der Waals surface area contributed by atoms with Crippen LogP contribution < -0.4 is 5.32 Å². The zero-order valence-corrected chi connectivity index (χ0v) is 13.9. The molecule has 0 bridgehead atoms. The maximum absolute atomic E-state index is 12.8. The number of hydrogen-bond donors (Lipinski definition) is 1. The van der Waals surface area contributed by atoms with Crippen LogP contribution >= 0.6 is 0 Å². The summed E-state index contributed by atoms with van der Waals surface area (Å²) in [6, 6.07) is 0.441. The molecule has 0 unspecified atom stereocenters. The molecule has 1 fully saturated rings. The number of carbonyl (C=O) groups is 1. The Hall–Kier alpha value is -2.19. The van der Waals surface area contributed by atoms with Crippen LogP contribution in [-0.4, -0.2) is 58.4 Å². The molecule has 1 N–H and O–H groups in total. The minimum Gasteiger partial charge on any atom is -0.451 e. The van der Waals surface area contributed by atoms with Crippen molar-refractivity contribution in [2.75, 3.05) is 26.7 Å². The minimum absolute atomic E-state index is 0.0435. The van der Waals surface area contributed by atoms with E-state index in [1.165, 1.54) is 12.8 Å². The smallest absolute Gasteiger partial charge is 0.237 e. The second kappa shape index (κ2) is 8.07. The molecule has 24 heavy (non-hydrogen) atoms. The predicted molar refractivity (Wildman–Crippen MR) is 85.8 cm³/mol. The lowest BCUT2D eigenvalue weighted by atomic mass is 10.1. The molecule has 3 rings (SSSR count). The van der Waals surface area contributed by atoms with Crippen molar-refractivity contribution in [2.45, 2.75) is 32.0 Å². The molecule has 0 aliphatic carbocycles. The fraction of sp³-hybridized carbons (Fsp3) is 0.562. The Morgan fingerprint density at radius 3 is 2.25 bits per heavy atom. The number of hydrogen-bond acceptors (Lipinski definition) is 7. The fourth-order valence-corrected chi connectivity index (χ4v) is 2.94. The lowest BCUT2D eigenvalue weighted by Gasteiger charge is -2.32. The summed E-state index contributed by atoms with van der Waals surface area (Å²) in [7, 11) is 2.01. The highest BCUT2D eigenvalue weighted by Crippen LogP contribution is 2.12. The molecule has 1 aliphatic rings. The van der Waals surface area contributed by atoms with Crippen LogP contribution in [0.3, 0.4) is 0 Å². The molecule has 2 aromatic heterocycles. The molecular formula is C16H23N5O3. The van der Waals surface area contributed by atoms with Crippen molar-refractivity contribution < 1.29 is 13.6 Å². The Morgan fingerprint density at radius 1 is 1.17 bits per heavy atom. The van der Waals surface area contributed by atoms with Crippen LogP contribution in [-0.2, 0) is 17.9 Å². The number of nitrogens with zero attached hydrogens (tertiary/aromatic N) is 4. The quantitative estimate of drug-likeness (QED) is 0.804. The van der Waals surface area contributed by atoms with E-state index in [1.807, 2.05) is 7.05 Å². The fourth-order valence-electron chi connectivity index (χ4n) is 2.94. The number of amides is 1. The second-order valence-electron chi connectivity index (χ2n) is 6.11. The number of nitrogens with one attached hydrogen (secondary N) is 1. The second-order valence-corrected chi connectivity index (χ2v) is 6.11. The Labute approximate surface area is 140 Å². The van der Waals surface area contributed by atoms with Crippen molar-refractivity contribution in [3.8, 4) is 0 Å². The van der Waals surface area contributed by atoms with Crippen molar-refractivity contribution in [3.05, 3.63) is 36.7 Å². The third-order valence-corrected chi connectivity index (χ3v) is 4.34. The van der Waals surface area contributed by atoms with E-state index in [1.54, 1.807) is 17.4 Å². The summed E-state index contributed by atoms with van der Waals surface area (Å²) in [6.45, 7) is 3.17. The van der Waals surface area contributed by atoms with Gasteiger partial charge in [0, 0.05) is 6.04 Å².